The molecule has 2 aromatic rings. The number of phenols is 1. The van der Waals surface area contributed by atoms with Gasteiger partial charge in [-0.3, -0.25) is 0 Å². The summed E-state index contributed by atoms with van der Waals surface area (Å²) < 4.78 is 12.8. The summed E-state index contributed by atoms with van der Waals surface area (Å²) in [5.74, 6) is -0.147. The monoisotopic (exact) mass is 279 g/mol. The van der Waals surface area contributed by atoms with E-state index in [4.69, 9.17) is 11.6 Å². The van der Waals surface area contributed by atoms with Crippen molar-refractivity contribution >= 4 is 11.6 Å². The zero-order valence-corrected chi connectivity index (χ0v) is 11.3. The third kappa shape index (κ3) is 3.46. The van der Waals surface area contributed by atoms with Crippen LogP contribution in [0.2, 0.25) is 5.02 Å². The Balaban J connectivity index is 2.02. The number of rotatable bonds is 4. The molecule has 0 aliphatic carbocycles. The maximum Gasteiger partial charge on any atom is 0.138 e. The van der Waals surface area contributed by atoms with Gasteiger partial charge in [0.2, 0.25) is 0 Å². The summed E-state index contributed by atoms with van der Waals surface area (Å²) in [6.45, 7) is 2.47. The van der Waals surface area contributed by atoms with E-state index in [1.807, 2.05) is 13.0 Å². The second-order valence-electron chi connectivity index (χ2n) is 4.40. The minimum absolute atomic E-state index is 0.0546. The molecular weight excluding hydrogens is 265 g/mol. The summed E-state index contributed by atoms with van der Waals surface area (Å²) in [6.07, 6.45) is 0. The van der Waals surface area contributed by atoms with E-state index in [-0.39, 0.29) is 17.6 Å². The van der Waals surface area contributed by atoms with Crippen molar-refractivity contribution in [1.29, 1.82) is 0 Å². The summed E-state index contributed by atoms with van der Waals surface area (Å²) in [7, 11) is 0. The maximum absolute atomic E-state index is 12.8. The second kappa shape index (κ2) is 6.04. The normalized spacial score (nSPS) is 12.4. The fourth-order valence-corrected chi connectivity index (χ4v) is 2.03. The van der Waals surface area contributed by atoms with Crippen LogP contribution in [0.25, 0.3) is 0 Å². The average Bonchev–Trinajstić information content (AvgIpc) is 2.41. The van der Waals surface area contributed by atoms with Crippen molar-refractivity contribution in [2.45, 2.75) is 19.5 Å². The molecule has 2 nitrogen and oxygen atoms in total. The Morgan fingerprint density at radius 3 is 2.58 bits per heavy atom. The topological polar surface area (TPSA) is 32.3 Å². The van der Waals surface area contributed by atoms with Gasteiger partial charge < -0.3 is 10.4 Å². The molecule has 0 spiro atoms. The van der Waals surface area contributed by atoms with Gasteiger partial charge >= 0.3 is 0 Å². The molecule has 0 amide bonds. The number of halogens is 2. The Bertz CT molecular complexity index is 557. The third-order valence-corrected chi connectivity index (χ3v) is 3.34. The molecule has 0 aliphatic rings. The van der Waals surface area contributed by atoms with Crippen molar-refractivity contribution in [2.24, 2.45) is 0 Å². The quantitative estimate of drug-likeness (QED) is 0.885. The van der Waals surface area contributed by atoms with E-state index < -0.39 is 0 Å². The van der Waals surface area contributed by atoms with Gasteiger partial charge in [-0.2, -0.15) is 0 Å². The lowest BCUT2D eigenvalue weighted by Gasteiger charge is -2.15. The molecule has 0 heterocycles. The summed E-state index contributed by atoms with van der Waals surface area (Å²) in [5.41, 5.74) is 1.73. The molecule has 1 atom stereocenters. The molecule has 0 radical (unpaired) electrons. The molecule has 0 saturated carbocycles. The fraction of sp³-hybridized carbons (Fsp3) is 0.200. The van der Waals surface area contributed by atoms with E-state index in [0.29, 0.717) is 11.6 Å². The van der Waals surface area contributed by atoms with E-state index in [0.717, 1.165) is 11.1 Å². The predicted octanol–water partition coefficient (Wildman–Crippen LogP) is 4.04. The van der Waals surface area contributed by atoms with Crippen LogP contribution >= 0.6 is 11.6 Å². The van der Waals surface area contributed by atoms with Gasteiger partial charge in [-0.15, -0.1) is 0 Å². The minimum Gasteiger partial charge on any atom is -0.506 e. The van der Waals surface area contributed by atoms with Crippen LogP contribution in [0, 0.1) is 5.82 Å². The van der Waals surface area contributed by atoms with E-state index in [2.05, 4.69) is 5.32 Å². The van der Waals surface area contributed by atoms with Crippen molar-refractivity contribution in [3.05, 3.63) is 64.4 Å². The Hall–Kier alpha value is -1.58. The summed E-state index contributed by atoms with van der Waals surface area (Å²) in [4.78, 5) is 0. The van der Waals surface area contributed by atoms with Crippen LogP contribution in [-0.4, -0.2) is 5.11 Å². The zero-order chi connectivity index (χ0) is 13.8. The SMILES string of the molecule is C[C@H](NCc1cccc(Cl)c1O)c1ccc(F)cc1. The van der Waals surface area contributed by atoms with Crippen molar-refractivity contribution in [3.63, 3.8) is 0 Å². The van der Waals surface area contributed by atoms with E-state index >= 15 is 0 Å². The molecule has 0 saturated heterocycles. The Labute approximate surface area is 116 Å². The van der Waals surface area contributed by atoms with E-state index in [9.17, 15) is 9.50 Å². The smallest absolute Gasteiger partial charge is 0.138 e. The van der Waals surface area contributed by atoms with Crippen molar-refractivity contribution in [3.8, 4) is 5.75 Å². The fourth-order valence-electron chi connectivity index (χ4n) is 1.84. The van der Waals surface area contributed by atoms with E-state index in [1.54, 1.807) is 24.3 Å². The van der Waals surface area contributed by atoms with Crippen molar-refractivity contribution in [2.75, 3.05) is 0 Å². The zero-order valence-electron chi connectivity index (χ0n) is 10.5. The molecule has 0 aromatic heterocycles. The molecule has 2 rings (SSSR count). The maximum atomic E-state index is 12.8. The van der Waals surface area contributed by atoms with Crippen molar-refractivity contribution < 1.29 is 9.50 Å². The van der Waals surface area contributed by atoms with Crippen LogP contribution in [0.1, 0.15) is 24.1 Å². The number of para-hydroxylation sites is 1. The van der Waals surface area contributed by atoms with Gasteiger partial charge in [-0.1, -0.05) is 35.9 Å². The van der Waals surface area contributed by atoms with Crippen LogP contribution in [0.15, 0.2) is 42.5 Å². The highest BCUT2D eigenvalue weighted by Crippen LogP contribution is 2.27. The first-order valence-corrected chi connectivity index (χ1v) is 6.41. The number of hydrogen-bond donors (Lipinski definition) is 2. The first-order valence-electron chi connectivity index (χ1n) is 6.03. The number of phenolic OH excluding ortho intramolecular Hbond substituents is 1. The molecule has 2 N–H and O–H groups in total. The Morgan fingerprint density at radius 1 is 1.21 bits per heavy atom. The number of nitrogens with one attached hydrogen (secondary N) is 1. The molecule has 0 fully saturated rings. The molecule has 0 bridgehead atoms. The predicted molar refractivity (Wildman–Crippen MR) is 74.8 cm³/mol. The summed E-state index contributed by atoms with van der Waals surface area (Å²) in [5, 5.41) is 13.4. The summed E-state index contributed by atoms with van der Waals surface area (Å²) in [6, 6.07) is 11.7. The minimum atomic E-state index is -0.247. The molecule has 0 aliphatic heterocycles. The van der Waals surface area contributed by atoms with Gasteiger partial charge in [0.25, 0.3) is 0 Å². The lowest BCUT2D eigenvalue weighted by atomic mass is 10.1. The lowest BCUT2D eigenvalue weighted by Crippen LogP contribution is -2.18. The van der Waals surface area contributed by atoms with Gasteiger partial charge in [0.1, 0.15) is 11.6 Å². The molecule has 4 heteroatoms. The van der Waals surface area contributed by atoms with Crippen LogP contribution in [-0.2, 0) is 6.54 Å². The number of aromatic hydroxyl groups is 1. The number of benzene rings is 2. The van der Waals surface area contributed by atoms with Gasteiger partial charge in [0.15, 0.2) is 0 Å². The second-order valence-corrected chi connectivity index (χ2v) is 4.81. The standard InChI is InChI=1S/C15H15ClFNO/c1-10(11-5-7-13(17)8-6-11)18-9-12-3-2-4-14(16)15(12)19/h2-8,10,18-19H,9H2,1H3/t10-/m0/s1. The van der Waals surface area contributed by atoms with Crippen LogP contribution in [0.3, 0.4) is 0 Å². The first kappa shape index (κ1) is 13.8. The Kier molecular flexibility index (Phi) is 4.40. The highest BCUT2D eigenvalue weighted by Gasteiger charge is 2.08. The van der Waals surface area contributed by atoms with E-state index in [1.165, 1.54) is 12.1 Å². The van der Waals surface area contributed by atoms with Crippen LogP contribution < -0.4 is 5.32 Å². The molecule has 2 aromatic carbocycles. The van der Waals surface area contributed by atoms with Crippen molar-refractivity contribution in [1.82, 2.24) is 5.32 Å². The third-order valence-electron chi connectivity index (χ3n) is 3.04. The van der Waals surface area contributed by atoms with Gasteiger partial charge in [-0.05, 0) is 30.7 Å². The molecule has 19 heavy (non-hydrogen) atoms. The molecule has 100 valence electrons. The van der Waals surface area contributed by atoms with Gasteiger partial charge in [-0.25, -0.2) is 4.39 Å². The lowest BCUT2D eigenvalue weighted by molar-refractivity contribution is 0.460. The Morgan fingerprint density at radius 2 is 1.89 bits per heavy atom. The highest BCUT2D eigenvalue weighted by molar-refractivity contribution is 6.32. The average molecular weight is 280 g/mol. The largest absolute Gasteiger partial charge is 0.506 e. The number of hydrogen-bond acceptors (Lipinski definition) is 2. The molecule has 0 unspecified atom stereocenters. The highest BCUT2D eigenvalue weighted by atomic mass is 35.5. The molecular formula is C15H15ClFNO. The summed E-state index contributed by atoms with van der Waals surface area (Å²) >= 11 is 5.84. The first-order chi connectivity index (χ1) is 9.08. The van der Waals surface area contributed by atoms with Crippen LogP contribution in [0.5, 0.6) is 5.75 Å². The van der Waals surface area contributed by atoms with Gasteiger partial charge in [0.05, 0.1) is 5.02 Å². The van der Waals surface area contributed by atoms with Crippen LogP contribution in [0.4, 0.5) is 4.39 Å². The van der Waals surface area contributed by atoms with Gasteiger partial charge in [0, 0.05) is 18.2 Å².